The summed E-state index contributed by atoms with van der Waals surface area (Å²) in [5.41, 5.74) is -0.231. The molecule has 0 N–H and O–H groups in total. The van der Waals surface area contributed by atoms with Gasteiger partial charge in [-0.25, -0.2) is 4.79 Å². The van der Waals surface area contributed by atoms with Gasteiger partial charge in [0.15, 0.2) is 0 Å². The Kier molecular flexibility index (Phi) is 3.60. The highest BCUT2D eigenvalue weighted by Crippen LogP contribution is 2.57. The highest BCUT2D eigenvalue weighted by atomic mass is 32.2. The smallest absolute Gasteiger partial charge is 0.427 e. The summed E-state index contributed by atoms with van der Waals surface area (Å²) in [6.07, 6.45) is 8.64. The zero-order chi connectivity index (χ0) is 15.2. The van der Waals surface area contributed by atoms with E-state index in [0.29, 0.717) is 5.75 Å². The summed E-state index contributed by atoms with van der Waals surface area (Å²) in [7, 11) is 0. The Bertz CT molecular complexity index is 531. The van der Waals surface area contributed by atoms with Crippen molar-refractivity contribution < 1.29 is 14.3 Å². The van der Waals surface area contributed by atoms with E-state index in [0.717, 1.165) is 41.9 Å². The lowest BCUT2D eigenvalue weighted by atomic mass is 9.54. The molecule has 0 amide bonds. The molecule has 3 nitrogen and oxygen atoms in total. The molecule has 4 heteroatoms. The molecule has 4 bridgehead atoms. The summed E-state index contributed by atoms with van der Waals surface area (Å²) in [5, 5.41) is 0. The Labute approximate surface area is 135 Å². The standard InChI is InChI=1S/C18H22O3S/c1-22-16-4-2-15(3-5-16)20-17(19)21-18-9-12-6-13(10-18)8-14(7-12)11-18/h2-5,12-14H,6-11H2,1H3. The number of carbonyl (C=O) groups excluding carboxylic acids is 1. The van der Waals surface area contributed by atoms with Gasteiger partial charge in [-0.3, -0.25) is 0 Å². The van der Waals surface area contributed by atoms with Gasteiger partial charge in [0.05, 0.1) is 0 Å². The normalized spacial score (nSPS) is 35.4. The topological polar surface area (TPSA) is 35.5 Å². The third kappa shape index (κ3) is 2.73. The predicted octanol–water partition coefficient (Wildman–Crippen LogP) is 4.89. The van der Waals surface area contributed by atoms with Crippen molar-refractivity contribution >= 4 is 17.9 Å². The fourth-order valence-corrected chi connectivity index (χ4v) is 5.50. The first-order chi connectivity index (χ1) is 10.6. The van der Waals surface area contributed by atoms with Gasteiger partial charge in [-0.1, -0.05) is 0 Å². The molecule has 118 valence electrons. The maximum absolute atomic E-state index is 12.2. The molecule has 1 aromatic rings. The van der Waals surface area contributed by atoms with E-state index in [1.165, 1.54) is 19.3 Å². The fourth-order valence-electron chi connectivity index (χ4n) is 5.09. The van der Waals surface area contributed by atoms with Crippen LogP contribution >= 0.6 is 11.8 Å². The first kappa shape index (κ1) is 14.4. The van der Waals surface area contributed by atoms with Crippen molar-refractivity contribution in [2.45, 2.75) is 49.0 Å². The molecular weight excluding hydrogens is 296 g/mol. The van der Waals surface area contributed by atoms with Crippen LogP contribution in [0, 0.1) is 17.8 Å². The monoisotopic (exact) mass is 318 g/mol. The van der Waals surface area contributed by atoms with E-state index in [9.17, 15) is 4.79 Å². The van der Waals surface area contributed by atoms with Gasteiger partial charge in [0, 0.05) is 4.90 Å². The van der Waals surface area contributed by atoms with E-state index < -0.39 is 6.16 Å². The van der Waals surface area contributed by atoms with E-state index in [1.54, 1.807) is 11.8 Å². The third-order valence-corrected chi connectivity index (χ3v) is 6.29. The van der Waals surface area contributed by atoms with Crippen LogP contribution in [0.2, 0.25) is 0 Å². The van der Waals surface area contributed by atoms with Crippen LogP contribution in [0.4, 0.5) is 4.79 Å². The molecule has 4 fully saturated rings. The average molecular weight is 318 g/mol. The molecule has 5 rings (SSSR count). The van der Waals surface area contributed by atoms with Gasteiger partial charge in [-0.2, -0.15) is 0 Å². The third-order valence-electron chi connectivity index (χ3n) is 5.54. The second kappa shape index (κ2) is 5.48. The second-order valence-corrected chi connectivity index (χ2v) is 8.11. The lowest BCUT2D eigenvalue weighted by molar-refractivity contribution is -0.135. The minimum absolute atomic E-state index is 0.231. The molecule has 0 atom stereocenters. The molecule has 0 saturated heterocycles. The van der Waals surface area contributed by atoms with E-state index in [1.807, 2.05) is 30.5 Å². The van der Waals surface area contributed by atoms with Crippen molar-refractivity contribution in [3.05, 3.63) is 24.3 Å². The van der Waals surface area contributed by atoms with Crippen LogP contribution < -0.4 is 4.74 Å². The van der Waals surface area contributed by atoms with Gasteiger partial charge < -0.3 is 9.47 Å². The minimum Gasteiger partial charge on any atom is -0.427 e. The van der Waals surface area contributed by atoms with Crippen LogP contribution in [0.15, 0.2) is 29.2 Å². The fraction of sp³-hybridized carbons (Fsp3) is 0.611. The zero-order valence-corrected chi connectivity index (χ0v) is 13.7. The lowest BCUT2D eigenvalue weighted by Crippen LogP contribution is -2.53. The van der Waals surface area contributed by atoms with E-state index in [4.69, 9.17) is 9.47 Å². The predicted molar refractivity (Wildman–Crippen MR) is 86.2 cm³/mol. The Morgan fingerprint density at radius 2 is 1.59 bits per heavy atom. The van der Waals surface area contributed by atoms with Gasteiger partial charge in [0.25, 0.3) is 0 Å². The maximum atomic E-state index is 12.2. The molecule has 1 aromatic carbocycles. The van der Waals surface area contributed by atoms with Gasteiger partial charge in [0.1, 0.15) is 11.4 Å². The van der Waals surface area contributed by atoms with E-state index >= 15 is 0 Å². The lowest BCUT2D eigenvalue weighted by Gasteiger charge is -2.55. The SMILES string of the molecule is CSc1ccc(OC(=O)OC23CC4CC(CC(C4)C2)C3)cc1. The number of hydrogen-bond acceptors (Lipinski definition) is 4. The number of carbonyl (C=O) groups is 1. The Morgan fingerprint density at radius 3 is 2.09 bits per heavy atom. The first-order valence-electron chi connectivity index (χ1n) is 8.19. The van der Waals surface area contributed by atoms with Crippen LogP contribution in [0.3, 0.4) is 0 Å². The summed E-state index contributed by atoms with van der Waals surface area (Å²) in [4.78, 5) is 13.4. The zero-order valence-electron chi connectivity index (χ0n) is 12.9. The van der Waals surface area contributed by atoms with E-state index in [2.05, 4.69) is 0 Å². The molecule has 22 heavy (non-hydrogen) atoms. The summed E-state index contributed by atoms with van der Waals surface area (Å²) >= 11 is 1.67. The van der Waals surface area contributed by atoms with Gasteiger partial charge >= 0.3 is 6.16 Å². The summed E-state index contributed by atoms with van der Waals surface area (Å²) in [5.74, 6) is 2.85. The van der Waals surface area contributed by atoms with Crippen LogP contribution in [0.5, 0.6) is 5.75 Å². The van der Waals surface area contributed by atoms with Crippen molar-refractivity contribution in [1.29, 1.82) is 0 Å². The number of benzene rings is 1. The van der Waals surface area contributed by atoms with Gasteiger partial charge in [0.2, 0.25) is 0 Å². The molecule has 0 spiro atoms. The molecule has 0 aromatic heterocycles. The number of ether oxygens (including phenoxy) is 2. The number of hydrogen-bond donors (Lipinski definition) is 0. The highest BCUT2D eigenvalue weighted by molar-refractivity contribution is 7.98. The van der Waals surface area contributed by atoms with Crippen LogP contribution in [-0.4, -0.2) is 18.0 Å². The van der Waals surface area contributed by atoms with Crippen molar-refractivity contribution in [3.8, 4) is 5.75 Å². The van der Waals surface area contributed by atoms with Gasteiger partial charge in [-0.15, -0.1) is 11.8 Å². The molecule has 4 aliphatic rings. The molecular formula is C18H22O3S. The summed E-state index contributed by atoms with van der Waals surface area (Å²) in [6.45, 7) is 0. The van der Waals surface area contributed by atoms with E-state index in [-0.39, 0.29) is 5.60 Å². The quantitative estimate of drug-likeness (QED) is 0.451. The van der Waals surface area contributed by atoms with Crippen molar-refractivity contribution in [2.75, 3.05) is 6.26 Å². The average Bonchev–Trinajstić information content (AvgIpc) is 2.45. The second-order valence-electron chi connectivity index (χ2n) is 7.23. The first-order valence-corrected chi connectivity index (χ1v) is 9.41. The largest absolute Gasteiger partial charge is 0.514 e. The summed E-state index contributed by atoms with van der Waals surface area (Å²) in [6, 6.07) is 7.57. The van der Waals surface area contributed by atoms with Crippen LogP contribution in [0.1, 0.15) is 38.5 Å². The molecule has 4 saturated carbocycles. The Balaban J connectivity index is 1.41. The molecule has 0 aliphatic heterocycles. The van der Waals surface area contributed by atoms with Crippen LogP contribution in [-0.2, 0) is 4.74 Å². The Hall–Kier alpha value is -1.16. The maximum Gasteiger partial charge on any atom is 0.514 e. The number of rotatable bonds is 3. The molecule has 0 unspecified atom stereocenters. The molecule has 0 heterocycles. The number of thioether (sulfide) groups is 1. The minimum atomic E-state index is -0.529. The van der Waals surface area contributed by atoms with Crippen molar-refractivity contribution in [3.63, 3.8) is 0 Å². The Morgan fingerprint density at radius 1 is 1.05 bits per heavy atom. The van der Waals surface area contributed by atoms with Crippen molar-refractivity contribution in [1.82, 2.24) is 0 Å². The van der Waals surface area contributed by atoms with Crippen molar-refractivity contribution in [2.24, 2.45) is 17.8 Å². The molecule has 0 radical (unpaired) electrons. The summed E-state index contributed by atoms with van der Waals surface area (Å²) < 4.78 is 11.2. The highest BCUT2D eigenvalue weighted by Gasteiger charge is 2.53. The van der Waals surface area contributed by atoms with Gasteiger partial charge in [-0.05, 0) is 86.8 Å². The van der Waals surface area contributed by atoms with Crippen LogP contribution in [0.25, 0.3) is 0 Å². The molecule has 4 aliphatic carbocycles.